The van der Waals surface area contributed by atoms with E-state index in [0.29, 0.717) is 55.8 Å². The first kappa shape index (κ1) is 33.2. The number of rotatable bonds is 9. The average Bonchev–Trinajstić information content (AvgIpc) is 3.70. The summed E-state index contributed by atoms with van der Waals surface area (Å²) >= 11 is 0. The van der Waals surface area contributed by atoms with Crippen molar-refractivity contribution in [3.05, 3.63) is 53.4 Å². The Labute approximate surface area is 299 Å². The predicted octanol–water partition coefficient (Wildman–Crippen LogP) is 5.78. The molecular formula is C39H39F3N6O4. The fourth-order valence-corrected chi connectivity index (χ4v) is 8.95. The highest BCUT2D eigenvalue weighted by Crippen LogP contribution is 2.45. The Morgan fingerprint density at radius 2 is 1.98 bits per heavy atom. The van der Waals surface area contributed by atoms with Crippen molar-refractivity contribution in [3.63, 3.8) is 0 Å². The number of aromatic nitrogens is 3. The Morgan fingerprint density at radius 3 is 2.77 bits per heavy atom. The third kappa shape index (κ3) is 5.50. The van der Waals surface area contributed by atoms with Crippen molar-refractivity contribution in [2.24, 2.45) is 0 Å². The summed E-state index contributed by atoms with van der Waals surface area (Å²) in [6.45, 7) is 3.24. The van der Waals surface area contributed by atoms with Gasteiger partial charge in [0.2, 0.25) is 5.88 Å². The Kier molecular flexibility index (Phi) is 7.98. The van der Waals surface area contributed by atoms with Crippen LogP contribution in [-0.4, -0.2) is 94.7 Å². The minimum atomic E-state index is -0.836. The van der Waals surface area contributed by atoms with Crippen LogP contribution in [-0.2, 0) is 4.74 Å². The van der Waals surface area contributed by atoms with E-state index in [1.165, 1.54) is 31.4 Å². The van der Waals surface area contributed by atoms with Crippen LogP contribution in [0.25, 0.3) is 32.9 Å². The second-order valence-corrected chi connectivity index (χ2v) is 15.0. The Balaban J connectivity index is 1.21. The summed E-state index contributed by atoms with van der Waals surface area (Å²) in [6.07, 6.45) is 13.0. The quantitative estimate of drug-likeness (QED) is 0.208. The highest BCUT2D eigenvalue weighted by molar-refractivity contribution is 6.04. The van der Waals surface area contributed by atoms with E-state index in [1.807, 2.05) is 0 Å². The van der Waals surface area contributed by atoms with Gasteiger partial charge in [0.15, 0.2) is 5.82 Å². The number of nitrogens with zero attached hydrogens (tertiary/aromatic N) is 5. The number of nitrogens with one attached hydrogen (secondary N) is 1. The molecule has 0 radical (unpaired) electrons. The number of hydrogen-bond acceptors (Lipinski definition) is 10. The molecule has 1 saturated carbocycles. The molecular weight excluding hydrogens is 673 g/mol. The van der Waals surface area contributed by atoms with Gasteiger partial charge in [-0.05, 0) is 80.6 Å². The zero-order valence-electron chi connectivity index (χ0n) is 28.9. The maximum absolute atomic E-state index is 17.3. The second kappa shape index (κ2) is 12.5. The summed E-state index contributed by atoms with van der Waals surface area (Å²) < 4.78 is 64.5. The molecule has 10 nitrogen and oxygen atoms in total. The number of hydrogen-bond donors (Lipinski definition) is 2. The lowest BCUT2D eigenvalue weighted by Crippen LogP contribution is -2.62. The molecule has 4 saturated heterocycles. The molecule has 5 fully saturated rings. The molecule has 13 heteroatoms. The third-order valence-corrected chi connectivity index (χ3v) is 11.5. The van der Waals surface area contributed by atoms with Crippen molar-refractivity contribution < 1.29 is 32.5 Å². The number of anilines is 1. The van der Waals surface area contributed by atoms with Crippen LogP contribution in [0.5, 0.6) is 17.6 Å². The molecule has 1 aliphatic carbocycles. The zero-order valence-corrected chi connectivity index (χ0v) is 28.9. The van der Waals surface area contributed by atoms with E-state index in [4.69, 9.17) is 25.6 Å². The van der Waals surface area contributed by atoms with E-state index in [1.54, 1.807) is 0 Å². The van der Waals surface area contributed by atoms with E-state index in [9.17, 15) is 9.50 Å². The smallest absolute Gasteiger partial charge is 0.319 e. The van der Waals surface area contributed by atoms with Gasteiger partial charge in [0.05, 0.1) is 42.8 Å². The van der Waals surface area contributed by atoms with Gasteiger partial charge in [-0.1, -0.05) is 12.0 Å². The summed E-state index contributed by atoms with van der Waals surface area (Å²) in [6, 6.07) is 5.53. The first-order chi connectivity index (χ1) is 25.2. The Morgan fingerprint density at radius 1 is 1.12 bits per heavy atom. The summed E-state index contributed by atoms with van der Waals surface area (Å²) in [5, 5.41) is 15.4. The van der Waals surface area contributed by atoms with Crippen molar-refractivity contribution in [2.45, 2.75) is 68.2 Å². The summed E-state index contributed by atoms with van der Waals surface area (Å²) in [5.74, 6) is 1.16. The molecule has 2 aromatic heterocycles. The highest BCUT2D eigenvalue weighted by atomic mass is 19.1. The monoisotopic (exact) mass is 712 g/mol. The number of terminal acetylenes is 1. The lowest BCUT2D eigenvalue weighted by Gasteiger charge is -2.42. The molecule has 5 aliphatic rings. The number of piperazine rings is 1. The van der Waals surface area contributed by atoms with Crippen molar-refractivity contribution in [1.29, 1.82) is 0 Å². The van der Waals surface area contributed by atoms with E-state index in [-0.39, 0.29) is 75.0 Å². The number of benzene rings is 2. The number of fused-ring (bicyclic) bond motifs is 5. The van der Waals surface area contributed by atoms with Crippen molar-refractivity contribution in [1.82, 2.24) is 25.2 Å². The number of pyridine rings is 1. The van der Waals surface area contributed by atoms with Crippen LogP contribution in [0.2, 0.25) is 0 Å². The maximum Gasteiger partial charge on any atom is 0.319 e. The van der Waals surface area contributed by atoms with Gasteiger partial charge in [-0.2, -0.15) is 9.97 Å². The number of aromatic hydroxyl groups is 1. The van der Waals surface area contributed by atoms with Gasteiger partial charge in [-0.3, -0.25) is 4.90 Å². The van der Waals surface area contributed by atoms with Gasteiger partial charge in [-0.15, -0.1) is 6.42 Å². The van der Waals surface area contributed by atoms with Crippen molar-refractivity contribution in [2.75, 3.05) is 51.4 Å². The van der Waals surface area contributed by atoms with Crippen LogP contribution in [0.4, 0.5) is 19.0 Å². The molecule has 270 valence electrons. The van der Waals surface area contributed by atoms with Gasteiger partial charge in [0, 0.05) is 36.6 Å². The lowest BCUT2D eigenvalue weighted by atomic mass is 9.94. The molecule has 3 atom stereocenters. The zero-order chi connectivity index (χ0) is 35.8. The van der Waals surface area contributed by atoms with Crippen LogP contribution in [0, 0.1) is 24.0 Å². The molecule has 2 unspecified atom stereocenters. The summed E-state index contributed by atoms with van der Waals surface area (Å²) in [4.78, 5) is 18.6. The van der Waals surface area contributed by atoms with Crippen LogP contribution in [0.1, 0.15) is 50.5 Å². The van der Waals surface area contributed by atoms with E-state index in [2.05, 4.69) is 31.0 Å². The molecule has 9 rings (SSSR count). The fraction of sp³-hybridized carbons (Fsp3) is 0.462. The van der Waals surface area contributed by atoms with Crippen LogP contribution in [0.15, 0.2) is 36.2 Å². The van der Waals surface area contributed by atoms with E-state index >= 15 is 8.78 Å². The number of methoxy groups -OCH3 is 1. The molecule has 52 heavy (non-hydrogen) atoms. The first-order valence-corrected chi connectivity index (χ1v) is 17.9. The van der Waals surface area contributed by atoms with Crippen LogP contribution < -0.4 is 19.7 Å². The Hall–Kier alpha value is -4.64. The van der Waals surface area contributed by atoms with Gasteiger partial charge in [0.1, 0.15) is 40.6 Å². The molecule has 0 amide bonds. The highest BCUT2D eigenvalue weighted by Gasteiger charge is 2.48. The Bertz CT molecular complexity index is 2190. The van der Waals surface area contributed by atoms with Gasteiger partial charge in [0.25, 0.3) is 0 Å². The predicted molar refractivity (Wildman–Crippen MR) is 189 cm³/mol. The largest absolute Gasteiger partial charge is 0.508 e. The summed E-state index contributed by atoms with van der Waals surface area (Å²) in [7, 11) is 1.43. The van der Waals surface area contributed by atoms with Crippen LogP contribution >= 0.6 is 0 Å². The second-order valence-electron chi connectivity index (χ2n) is 15.0. The van der Waals surface area contributed by atoms with Gasteiger partial charge in [-0.25, -0.2) is 18.2 Å². The van der Waals surface area contributed by atoms with Gasteiger partial charge >= 0.3 is 6.01 Å². The molecule has 2 N–H and O–H groups in total. The minimum Gasteiger partial charge on any atom is -0.508 e. The average molecular weight is 713 g/mol. The van der Waals surface area contributed by atoms with Crippen LogP contribution in [0.3, 0.4) is 0 Å². The third-order valence-electron chi connectivity index (χ3n) is 11.5. The molecule has 6 heterocycles. The topological polar surface area (TPSA) is 105 Å². The van der Waals surface area contributed by atoms with E-state index in [0.717, 1.165) is 45.1 Å². The molecule has 0 spiro atoms. The van der Waals surface area contributed by atoms with Crippen molar-refractivity contribution >= 4 is 27.5 Å². The number of phenols is 1. The standard InChI is InChI=1S/C39H39F3N6O4/c1-3-27-29(41)8-5-23-13-25(49)14-28(30(23)27)33-32(42)34-31(36(43-33)50-2)35(47-18-24-9-11-38(19-47,46-24)20-51-26-6-7-26)45-37(44-34)52-21-39-10-4-12-48(39)17-22(15-39)16-40/h1,5,8,13-14,16,24,26,46,49H,4,6-7,9-12,15,17-21H2,2H3/b22-16+/t24?,38?,39-/m0/s1. The number of phenolic OH excluding ortho intramolecular Hbond substituents is 1. The lowest BCUT2D eigenvalue weighted by molar-refractivity contribution is 0.0606. The number of halogens is 3. The molecule has 4 aliphatic heterocycles. The van der Waals surface area contributed by atoms with Crippen molar-refractivity contribution in [3.8, 4) is 41.2 Å². The SMILES string of the molecule is C#Cc1c(F)ccc2cc(O)cc(-c3nc(OC)c4c(N5CC6CCC(COC7CC7)(C5)N6)nc(OC[C@@]56CCCN5C/C(=C/F)C6)nc4c3F)c12. The number of ether oxygens (including phenoxy) is 3. The van der Waals surface area contributed by atoms with E-state index < -0.39 is 17.2 Å². The molecule has 2 bridgehead atoms. The maximum atomic E-state index is 17.3. The minimum absolute atomic E-state index is 0.0372. The first-order valence-electron chi connectivity index (χ1n) is 17.9. The normalized spacial score (nSPS) is 26.4. The van der Waals surface area contributed by atoms with Gasteiger partial charge < -0.3 is 29.5 Å². The summed E-state index contributed by atoms with van der Waals surface area (Å²) in [5.41, 5.74) is -0.364. The molecule has 2 aromatic carbocycles. The fourth-order valence-electron chi connectivity index (χ4n) is 8.95. The molecule has 4 aromatic rings.